The molecule has 0 aromatic heterocycles. The summed E-state index contributed by atoms with van der Waals surface area (Å²) in [7, 11) is 1.69. The molecule has 2 amide bonds. The SMILES string of the molecule is CCC(=O)N1CCCCC1C(=O)N(C)Cc1ccc(OC(F)F)cc1. The molecule has 1 atom stereocenters. The largest absolute Gasteiger partial charge is 0.435 e. The molecule has 25 heavy (non-hydrogen) atoms. The number of halogens is 2. The number of ether oxygens (including phenoxy) is 1. The summed E-state index contributed by atoms with van der Waals surface area (Å²) in [6.07, 6.45) is 2.91. The molecule has 0 saturated carbocycles. The number of hydrogen-bond donors (Lipinski definition) is 0. The van der Waals surface area contributed by atoms with Crippen LogP contribution < -0.4 is 4.74 Å². The van der Waals surface area contributed by atoms with E-state index >= 15 is 0 Å². The molecule has 0 radical (unpaired) electrons. The number of carbonyl (C=O) groups excluding carboxylic acids is 2. The highest BCUT2D eigenvalue weighted by atomic mass is 19.3. The fraction of sp³-hybridized carbons (Fsp3) is 0.556. The average molecular weight is 354 g/mol. The molecular weight excluding hydrogens is 330 g/mol. The number of likely N-dealkylation sites (N-methyl/N-ethyl adjacent to an activating group) is 1. The Kier molecular flexibility index (Phi) is 6.73. The summed E-state index contributed by atoms with van der Waals surface area (Å²) in [5.74, 6) is -0.00548. The number of carbonyl (C=O) groups is 2. The Morgan fingerprint density at radius 1 is 1.28 bits per heavy atom. The monoisotopic (exact) mass is 354 g/mol. The predicted octanol–water partition coefficient (Wildman–Crippen LogP) is 3.04. The molecule has 0 bridgehead atoms. The quantitative estimate of drug-likeness (QED) is 0.789. The number of benzene rings is 1. The van der Waals surface area contributed by atoms with Crippen LogP contribution in [0.1, 0.15) is 38.2 Å². The summed E-state index contributed by atoms with van der Waals surface area (Å²) in [5, 5.41) is 0. The number of rotatable bonds is 6. The predicted molar refractivity (Wildman–Crippen MR) is 89.2 cm³/mol. The Bertz CT molecular complexity index is 592. The molecule has 0 N–H and O–H groups in total. The molecule has 0 aliphatic carbocycles. The Labute approximate surface area is 146 Å². The third kappa shape index (κ3) is 5.14. The smallest absolute Gasteiger partial charge is 0.387 e. The van der Waals surface area contributed by atoms with Crippen LogP contribution in [-0.2, 0) is 16.1 Å². The van der Waals surface area contributed by atoms with Crippen LogP contribution in [0.2, 0.25) is 0 Å². The molecule has 1 fully saturated rings. The molecule has 1 aliphatic rings. The van der Waals surface area contributed by atoms with Crippen molar-refractivity contribution in [3.63, 3.8) is 0 Å². The second-order valence-corrected chi connectivity index (χ2v) is 6.17. The summed E-state index contributed by atoms with van der Waals surface area (Å²) in [6.45, 7) is -0.0937. The van der Waals surface area contributed by atoms with Gasteiger partial charge < -0.3 is 14.5 Å². The zero-order valence-corrected chi connectivity index (χ0v) is 14.6. The van der Waals surface area contributed by atoms with Crippen LogP contribution in [0.3, 0.4) is 0 Å². The molecule has 7 heteroatoms. The van der Waals surface area contributed by atoms with E-state index in [4.69, 9.17) is 0 Å². The number of likely N-dealkylation sites (tertiary alicyclic amines) is 1. The molecule has 5 nitrogen and oxygen atoms in total. The Hall–Kier alpha value is -2.18. The van der Waals surface area contributed by atoms with Crippen molar-refractivity contribution >= 4 is 11.8 Å². The lowest BCUT2D eigenvalue weighted by Crippen LogP contribution is -2.52. The number of alkyl halides is 2. The van der Waals surface area contributed by atoms with Gasteiger partial charge in [0.1, 0.15) is 11.8 Å². The molecule has 1 unspecified atom stereocenters. The first-order valence-electron chi connectivity index (χ1n) is 8.50. The Morgan fingerprint density at radius 3 is 2.56 bits per heavy atom. The first-order chi connectivity index (χ1) is 11.9. The number of amides is 2. The Balaban J connectivity index is 2.00. The number of piperidine rings is 1. The van der Waals surface area contributed by atoms with Gasteiger partial charge in [-0.3, -0.25) is 9.59 Å². The summed E-state index contributed by atoms with van der Waals surface area (Å²) < 4.78 is 28.6. The van der Waals surface area contributed by atoms with E-state index in [0.717, 1.165) is 18.4 Å². The topological polar surface area (TPSA) is 49.9 Å². The number of nitrogens with zero attached hydrogens (tertiary/aromatic N) is 2. The van der Waals surface area contributed by atoms with E-state index in [-0.39, 0.29) is 17.6 Å². The molecule has 2 rings (SSSR count). The molecule has 1 saturated heterocycles. The highest BCUT2D eigenvalue weighted by Gasteiger charge is 2.32. The van der Waals surface area contributed by atoms with Gasteiger partial charge in [-0.15, -0.1) is 0 Å². The second-order valence-electron chi connectivity index (χ2n) is 6.17. The minimum Gasteiger partial charge on any atom is -0.435 e. The summed E-state index contributed by atoms with van der Waals surface area (Å²) in [5.41, 5.74) is 0.807. The zero-order valence-electron chi connectivity index (χ0n) is 14.6. The number of hydrogen-bond acceptors (Lipinski definition) is 3. The third-order valence-corrected chi connectivity index (χ3v) is 4.36. The maximum atomic E-state index is 12.8. The van der Waals surface area contributed by atoms with Crippen LogP contribution in [0.4, 0.5) is 8.78 Å². The van der Waals surface area contributed by atoms with E-state index in [0.29, 0.717) is 25.9 Å². The second kappa shape index (κ2) is 8.78. The van der Waals surface area contributed by atoms with Crippen molar-refractivity contribution in [3.05, 3.63) is 29.8 Å². The van der Waals surface area contributed by atoms with E-state index in [1.165, 1.54) is 12.1 Å². The Morgan fingerprint density at radius 2 is 1.96 bits per heavy atom. The summed E-state index contributed by atoms with van der Waals surface area (Å²) >= 11 is 0. The average Bonchev–Trinajstić information content (AvgIpc) is 2.61. The molecule has 1 aromatic rings. The van der Waals surface area contributed by atoms with Crippen LogP contribution in [0.25, 0.3) is 0 Å². The van der Waals surface area contributed by atoms with E-state index in [1.54, 1.807) is 35.9 Å². The standard InChI is InChI=1S/C18H24F2N2O3/c1-3-16(23)22-11-5-4-6-15(22)17(24)21(2)12-13-7-9-14(10-8-13)25-18(19)20/h7-10,15,18H,3-6,11-12H2,1-2H3. The van der Waals surface area contributed by atoms with Gasteiger partial charge in [0.25, 0.3) is 0 Å². The van der Waals surface area contributed by atoms with Gasteiger partial charge in [-0.1, -0.05) is 19.1 Å². The lowest BCUT2D eigenvalue weighted by atomic mass is 10.00. The van der Waals surface area contributed by atoms with Crippen LogP contribution in [0.5, 0.6) is 5.75 Å². The van der Waals surface area contributed by atoms with Crippen LogP contribution in [0.15, 0.2) is 24.3 Å². The first-order valence-corrected chi connectivity index (χ1v) is 8.50. The molecule has 1 aromatic carbocycles. The van der Waals surface area contributed by atoms with Gasteiger partial charge in [0.2, 0.25) is 11.8 Å². The van der Waals surface area contributed by atoms with E-state index < -0.39 is 12.7 Å². The van der Waals surface area contributed by atoms with Crippen LogP contribution in [0, 0.1) is 0 Å². The van der Waals surface area contributed by atoms with Crippen molar-refractivity contribution in [1.82, 2.24) is 9.80 Å². The van der Waals surface area contributed by atoms with E-state index in [1.807, 2.05) is 0 Å². The van der Waals surface area contributed by atoms with Gasteiger partial charge in [-0.25, -0.2) is 0 Å². The zero-order chi connectivity index (χ0) is 18.4. The first kappa shape index (κ1) is 19.1. The molecule has 138 valence electrons. The van der Waals surface area contributed by atoms with Crippen molar-refractivity contribution in [1.29, 1.82) is 0 Å². The van der Waals surface area contributed by atoms with Crippen LogP contribution in [-0.4, -0.2) is 47.9 Å². The fourth-order valence-electron chi connectivity index (χ4n) is 3.07. The maximum Gasteiger partial charge on any atom is 0.387 e. The van der Waals surface area contributed by atoms with Crippen LogP contribution >= 0.6 is 0 Å². The molecule has 1 aliphatic heterocycles. The van der Waals surface area contributed by atoms with Crippen molar-refractivity contribution in [3.8, 4) is 5.75 Å². The highest BCUT2D eigenvalue weighted by Crippen LogP contribution is 2.21. The van der Waals surface area contributed by atoms with Gasteiger partial charge in [0, 0.05) is 26.6 Å². The van der Waals surface area contributed by atoms with Gasteiger partial charge in [0.05, 0.1) is 0 Å². The van der Waals surface area contributed by atoms with E-state index in [9.17, 15) is 18.4 Å². The normalized spacial score (nSPS) is 17.5. The van der Waals surface area contributed by atoms with Crippen molar-refractivity contribution in [2.75, 3.05) is 13.6 Å². The minimum absolute atomic E-state index is 0.0000456. The summed E-state index contributed by atoms with van der Waals surface area (Å²) in [6, 6.07) is 5.79. The molecule has 0 spiro atoms. The van der Waals surface area contributed by atoms with Crippen molar-refractivity contribution in [2.24, 2.45) is 0 Å². The lowest BCUT2D eigenvalue weighted by molar-refractivity contribution is -0.147. The van der Waals surface area contributed by atoms with Gasteiger partial charge >= 0.3 is 6.61 Å². The minimum atomic E-state index is -2.86. The van der Waals surface area contributed by atoms with E-state index in [2.05, 4.69) is 4.74 Å². The molecule has 1 heterocycles. The highest BCUT2D eigenvalue weighted by molar-refractivity contribution is 5.87. The van der Waals surface area contributed by atoms with Crippen molar-refractivity contribution in [2.45, 2.75) is 51.8 Å². The lowest BCUT2D eigenvalue weighted by Gasteiger charge is -2.36. The maximum absolute atomic E-state index is 12.8. The van der Waals surface area contributed by atoms with Gasteiger partial charge in [-0.05, 0) is 37.0 Å². The fourth-order valence-corrected chi connectivity index (χ4v) is 3.07. The third-order valence-electron chi connectivity index (χ3n) is 4.36. The van der Waals surface area contributed by atoms with Gasteiger partial charge in [0.15, 0.2) is 0 Å². The van der Waals surface area contributed by atoms with Gasteiger partial charge in [-0.2, -0.15) is 8.78 Å². The molecular formula is C18H24F2N2O3. The summed E-state index contributed by atoms with van der Waals surface area (Å²) in [4.78, 5) is 28.1. The van der Waals surface area contributed by atoms with Crippen molar-refractivity contribution < 1.29 is 23.1 Å².